The summed E-state index contributed by atoms with van der Waals surface area (Å²) in [5.74, 6) is -0.748. The minimum Gasteiger partial charge on any atom is -0.382 e. The molecule has 0 saturated heterocycles. The first kappa shape index (κ1) is 14.0. The van der Waals surface area contributed by atoms with Gasteiger partial charge in [-0.05, 0) is 25.1 Å². The molecule has 1 heterocycles. The lowest BCUT2D eigenvalue weighted by atomic mass is 10.1. The number of nitrogens with one attached hydrogen (secondary N) is 2. The molecule has 2 N–H and O–H groups in total. The van der Waals surface area contributed by atoms with Gasteiger partial charge >= 0.3 is 0 Å². The first-order chi connectivity index (χ1) is 9.63. The highest BCUT2D eigenvalue weighted by molar-refractivity contribution is 5.99. The summed E-state index contributed by atoms with van der Waals surface area (Å²) in [5, 5.41) is 9.66. The van der Waals surface area contributed by atoms with Gasteiger partial charge in [0, 0.05) is 19.8 Å². The number of hydrogen-bond donors (Lipinski definition) is 2. The lowest BCUT2D eigenvalue weighted by Crippen LogP contribution is -2.25. The molecule has 1 aromatic carbocycles. The maximum absolute atomic E-state index is 13.7. The number of para-hydroxylation sites is 1. The van der Waals surface area contributed by atoms with Crippen LogP contribution in [0.1, 0.15) is 23.0 Å². The molecular weight excluding hydrogens is 259 g/mol. The Hall–Kier alpha value is -2.37. The van der Waals surface area contributed by atoms with Crippen LogP contribution < -0.4 is 10.6 Å². The van der Waals surface area contributed by atoms with Crippen molar-refractivity contribution in [3.63, 3.8) is 0 Å². The van der Waals surface area contributed by atoms with Crippen molar-refractivity contribution in [3.05, 3.63) is 47.5 Å². The van der Waals surface area contributed by atoms with E-state index in [0.717, 1.165) is 5.69 Å². The summed E-state index contributed by atoms with van der Waals surface area (Å²) >= 11 is 0. The van der Waals surface area contributed by atoms with Gasteiger partial charge in [-0.1, -0.05) is 6.07 Å². The molecule has 0 aliphatic rings. The number of benzene rings is 1. The lowest BCUT2D eigenvalue weighted by Gasteiger charge is -2.12. The summed E-state index contributed by atoms with van der Waals surface area (Å²) in [6, 6.07) is 6.27. The number of rotatable bonds is 5. The van der Waals surface area contributed by atoms with Crippen LogP contribution in [0.2, 0.25) is 0 Å². The Kier molecular flexibility index (Phi) is 4.34. The molecule has 0 bridgehead atoms. The van der Waals surface area contributed by atoms with Crippen LogP contribution in [0, 0.1) is 5.82 Å². The van der Waals surface area contributed by atoms with Gasteiger partial charge in [0.2, 0.25) is 0 Å². The predicted molar refractivity (Wildman–Crippen MR) is 74.9 cm³/mol. The average molecular weight is 276 g/mol. The van der Waals surface area contributed by atoms with Crippen molar-refractivity contribution >= 4 is 11.6 Å². The zero-order chi connectivity index (χ0) is 14.5. The Balaban J connectivity index is 2.13. The SMILES string of the molecule is CCNc1c(F)cccc1C(=O)NCc1ccnn1C. The van der Waals surface area contributed by atoms with Gasteiger partial charge in [-0.3, -0.25) is 9.48 Å². The van der Waals surface area contributed by atoms with Crippen LogP contribution in [0.5, 0.6) is 0 Å². The number of amides is 1. The molecule has 0 atom stereocenters. The summed E-state index contributed by atoms with van der Waals surface area (Å²) in [7, 11) is 1.80. The molecule has 0 aliphatic carbocycles. The molecule has 0 saturated carbocycles. The standard InChI is InChI=1S/C14H17FN4O/c1-3-16-13-11(5-4-6-12(13)15)14(20)17-9-10-7-8-18-19(10)2/h4-8,16H,3,9H2,1-2H3,(H,17,20). The monoisotopic (exact) mass is 276 g/mol. The summed E-state index contributed by atoms with van der Waals surface area (Å²) < 4.78 is 15.4. The molecule has 20 heavy (non-hydrogen) atoms. The Morgan fingerprint density at radius 2 is 2.20 bits per heavy atom. The third-order valence-electron chi connectivity index (χ3n) is 2.96. The van der Waals surface area contributed by atoms with E-state index >= 15 is 0 Å². The predicted octanol–water partition coefficient (Wildman–Crippen LogP) is 1.92. The molecule has 0 aliphatic heterocycles. The highest BCUT2D eigenvalue weighted by Crippen LogP contribution is 2.19. The molecule has 106 valence electrons. The first-order valence-electron chi connectivity index (χ1n) is 6.41. The average Bonchev–Trinajstić information content (AvgIpc) is 2.84. The second-order valence-corrected chi connectivity index (χ2v) is 4.32. The smallest absolute Gasteiger partial charge is 0.253 e. The zero-order valence-corrected chi connectivity index (χ0v) is 11.5. The Bertz CT molecular complexity index is 609. The van der Waals surface area contributed by atoms with Gasteiger partial charge in [0.1, 0.15) is 5.82 Å². The molecule has 2 rings (SSSR count). The van der Waals surface area contributed by atoms with E-state index in [-0.39, 0.29) is 11.6 Å². The van der Waals surface area contributed by atoms with E-state index in [9.17, 15) is 9.18 Å². The van der Waals surface area contributed by atoms with Crippen LogP contribution >= 0.6 is 0 Å². The highest BCUT2D eigenvalue weighted by atomic mass is 19.1. The minimum atomic E-state index is -0.431. The van der Waals surface area contributed by atoms with E-state index in [2.05, 4.69) is 15.7 Å². The van der Waals surface area contributed by atoms with E-state index in [1.54, 1.807) is 24.0 Å². The van der Waals surface area contributed by atoms with Gasteiger partial charge in [0.25, 0.3) is 5.91 Å². The largest absolute Gasteiger partial charge is 0.382 e. The van der Waals surface area contributed by atoms with Gasteiger partial charge in [-0.15, -0.1) is 0 Å². The molecular formula is C14H17FN4O. The summed E-state index contributed by atoms with van der Waals surface area (Å²) in [4.78, 5) is 12.2. The van der Waals surface area contributed by atoms with E-state index in [1.165, 1.54) is 12.1 Å². The van der Waals surface area contributed by atoms with Gasteiger partial charge in [0.15, 0.2) is 0 Å². The van der Waals surface area contributed by atoms with Gasteiger partial charge in [0.05, 0.1) is 23.5 Å². The lowest BCUT2D eigenvalue weighted by molar-refractivity contribution is 0.0950. The molecule has 0 spiro atoms. The topological polar surface area (TPSA) is 59.0 Å². The minimum absolute atomic E-state index is 0.234. The first-order valence-corrected chi connectivity index (χ1v) is 6.41. The second-order valence-electron chi connectivity index (χ2n) is 4.32. The van der Waals surface area contributed by atoms with Crippen molar-refractivity contribution in [2.75, 3.05) is 11.9 Å². The van der Waals surface area contributed by atoms with Gasteiger partial charge in [-0.2, -0.15) is 5.10 Å². The van der Waals surface area contributed by atoms with Crippen LogP contribution in [0.3, 0.4) is 0 Å². The van der Waals surface area contributed by atoms with E-state index in [1.807, 2.05) is 13.0 Å². The van der Waals surface area contributed by atoms with E-state index < -0.39 is 5.82 Å². The fourth-order valence-electron chi connectivity index (χ4n) is 1.91. The molecule has 0 radical (unpaired) electrons. The molecule has 2 aromatic rings. The van der Waals surface area contributed by atoms with Crippen LogP contribution in [0.15, 0.2) is 30.5 Å². The maximum atomic E-state index is 13.7. The van der Waals surface area contributed by atoms with Crippen molar-refractivity contribution in [1.82, 2.24) is 15.1 Å². The van der Waals surface area contributed by atoms with Crippen molar-refractivity contribution in [2.45, 2.75) is 13.5 Å². The Morgan fingerprint density at radius 3 is 2.85 bits per heavy atom. The summed E-state index contributed by atoms with van der Waals surface area (Å²) in [5.41, 5.74) is 1.41. The molecule has 0 fully saturated rings. The third kappa shape index (κ3) is 2.96. The molecule has 6 heteroatoms. The Morgan fingerprint density at radius 1 is 1.40 bits per heavy atom. The van der Waals surface area contributed by atoms with Crippen molar-refractivity contribution in [3.8, 4) is 0 Å². The molecule has 5 nitrogen and oxygen atoms in total. The quantitative estimate of drug-likeness (QED) is 0.877. The number of halogens is 1. The third-order valence-corrected chi connectivity index (χ3v) is 2.96. The van der Waals surface area contributed by atoms with E-state index in [4.69, 9.17) is 0 Å². The summed E-state index contributed by atoms with van der Waals surface area (Å²) in [6.07, 6.45) is 1.66. The van der Waals surface area contributed by atoms with Crippen LogP contribution in [-0.4, -0.2) is 22.2 Å². The molecule has 0 unspecified atom stereocenters. The zero-order valence-electron chi connectivity index (χ0n) is 11.5. The Labute approximate surface area is 116 Å². The van der Waals surface area contributed by atoms with Crippen LogP contribution in [-0.2, 0) is 13.6 Å². The van der Waals surface area contributed by atoms with Crippen molar-refractivity contribution < 1.29 is 9.18 Å². The number of aromatic nitrogens is 2. The number of anilines is 1. The normalized spacial score (nSPS) is 10.3. The van der Waals surface area contributed by atoms with Gasteiger partial charge in [-0.25, -0.2) is 4.39 Å². The molecule has 1 amide bonds. The van der Waals surface area contributed by atoms with Crippen molar-refractivity contribution in [2.24, 2.45) is 7.05 Å². The number of carbonyl (C=O) groups is 1. The fraction of sp³-hybridized carbons (Fsp3) is 0.286. The summed E-state index contributed by atoms with van der Waals surface area (Å²) in [6.45, 7) is 2.74. The van der Waals surface area contributed by atoms with Crippen LogP contribution in [0.4, 0.5) is 10.1 Å². The number of carbonyl (C=O) groups excluding carboxylic acids is 1. The van der Waals surface area contributed by atoms with E-state index in [0.29, 0.717) is 18.7 Å². The highest BCUT2D eigenvalue weighted by Gasteiger charge is 2.14. The maximum Gasteiger partial charge on any atom is 0.253 e. The van der Waals surface area contributed by atoms with Crippen molar-refractivity contribution in [1.29, 1.82) is 0 Å². The number of hydrogen-bond acceptors (Lipinski definition) is 3. The second kappa shape index (κ2) is 6.18. The number of nitrogens with zero attached hydrogens (tertiary/aromatic N) is 2. The van der Waals surface area contributed by atoms with Gasteiger partial charge < -0.3 is 10.6 Å². The molecule has 1 aromatic heterocycles. The fourth-order valence-corrected chi connectivity index (χ4v) is 1.91. The number of aryl methyl sites for hydroxylation is 1. The van der Waals surface area contributed by atoms with Crippen LogP contribution in [0.25, 0.3) is 0 Å².